The van der Waals surface area contributed by atoms with Gasteiger partial charge in [-0.15, -0.1) is 10.2 Å². The summed E-state index contributed by atoms with van der Waals surface area (Å²) in [4.78, 5) is 11.8. The first-order valence-electron chi connectivity index (χ1n) is 17.1. The smallest absolute Gasteiger partial charge is 0.256 e. The lowest BCUT2D eigenvalue weighted by Gasteiger charge is -2.38. The molecule has 49 heavy (non-hydrogen) atoms. The number of nitrogens with one attached hydrogen (secondary N) is 1. The summed E-state index contributed by atoms with van der Waals surface area (Å²) in [7, 11) is 0. The van der Waals surface area contributed by atoms with Crippen molar-refractivity contribution < 1.29 is 18.9 Å². The highest BCUT2D eigenvalue weighted by Crippen LogP contribution is 2.35. The molecule has 6 rings (SSSR count). The maximum absolute atomic E-state index is 9.67. The molecule has 1 saturated heterocycles. The Morgan fingerprint density at radius 2 is 1.80 bits per heavy atom. The van der Waals surface area contributed by atoms with Crippen LogP contribution in [0.25, 0.3) is 11.1 Å². The topological polar surface area (TPSA) is 163 Å². The number of tetrazole rings is 1. The molecule has 4 heterocycles. The maximum atomic E-state index is 9.67. The van der Waals surface area contributed by atoms with Crippen LogP contribution in [-0.4, -0.2) is 103 Å². The number of rotatable bonds is 15. The van der Waals surface area contributed by atoms with Gasteiger partial charge in [0.1, 0.15) is 29.9 Å². The summed E-state index contributed by atoms with van der Waals surface area (Å²) in [6.45, 7) is 11.2. The fourth-order valence-corrected chi connectivity index (χ4v) is 6.27. The van der Waals surface area contributed by atoms with Crippen LogP contribution in [0.5, 0.6) is 11.6 Å². The van der Waals surface area contributed by atoms with Crippen LogP contribution in [0, 0.1) is 11.3 Å². The first-order valence-corrected chi connectivity index (χ1v) is 17.1. The molecule has 0 radical (unpaired) electrons. The van der Waals surface area contributed by atoms with Crippen LogP contribution >= 0.6 is 0 Å². The molecule has 2 fully saturated rings. The highest BCUT2D eigenvalue weighted by atomic mass is 16.5. The van der Waals surface area contributed by atoms with Gasteiger partial charge in [-0.3, -0.25) is 9.58 Å². The van der Waals surface area contributed by atoms with Gasteiger partial charge in [0, 0.05) is 43.5 Å². The number of nitrogens with zero attached hydrogens (tertiary/aromatic N) is 10. The molecule has 1 aromatic carbocycles. The first kappa shape index (κ1) is 34.2. The van der Waals surface area contributed by atoms with Crippen LogP contribution in [-0.2, 0) is 16.0 Å². The number of ether oxygens (including phenoxy) is 4. The van der Waals surface area contributed by atoms with Crippen molar-refractivity contribution in [1.82, 2.24) is 44.9 Å². The summed E-state index contributed by atoms with van der Waals surface area (Å²) >= 11 is 0. The predicted octanol–water partition coefficient (Wildman–Crippen LogP) is 4.42. The van der Waals surface area contributed by atoms with Gasteiger partial charge >= 0.3 is 0 Å². The molecule has 0 amide bonds. The van der Waals surface area contributed by atoms with Gasteiger partial charge in [0.25, 0.3) is 5.88 Å². The third-order valence-electron chi connectivity index (χ3n) is 8.78. The molecule has 1 aliphatic carbocycles. The Kier molecular flexibility index (Phi) is 11.6. The van der Waals surface area contributed by atoms with Crippen molar-refractivity contribution in [1.29, 1.82) is 5.26 Å². The van der Waals surface area contributed by atoms with Gasteiger partial charge in [0.05, 0.1) is 56.9 Å². The van der Waals surface area contributed by atoms with Gasteiger partial charge < -0.3 is 24.3 Å². The SMILES string of the molecule is CC(C)OCCCOc1nn(C2CCC(N3CCOCC3)CC2)cc1Nc1ncc(-c2ccc(C#N)c(OC(C)Cn3cnnn3)c2)cn1. The lowest BCUT2D eigenvalue weighted by Crippen LogP contribution is -2.45. The Bertz CT molecular complexity index is 1640. The molecule has 1 N–H and O–H groups in total. The van der Waals surface area contributed by atoms with E-state index in [0.29, 0.717) is 55.0 Å². The van der Waals surface area contributed by atoms with Crippen molar-refractivity contribution in [3.05, 3.63) is 48.7 Å². The molecular weight excluding hydrogens is 626 g/mol. The number of hydrogen-bond donors (Lipinski definition) is 1. The van der Waals surface area contributed by atoms with E-state index in [0.717, 1.165) is 75.2 Å². The van der Waals surface area contributed by atoms with E-state index in [2.05, 4.69) is 41.8 Å². The van der Waals surface area contributed by atoms with Crippen LogP contribution in [0.4, 0.5) is 11.6 Å². The lowest BCUT2D eigenvalue weighted by molar-refractivity contribution is 0.00502. The highest BCUT2D eigenvalue weighted by Gasteiger charge is 2.29. The molecule has 0 bridgehead atoms. The van der Waals surface area contributed by atoms with Gasteiger partial charge in [-0.25, -0.2) is 14.6 Å². The third kappa shape index (κ3) is 9.28. The Morgan fingerprint density at radius 1 is 1.02 bits per heavy atom. The largest absolute Gasteiger partial charge is 0.487 e. The number of hydrogen-bond acceptors (Lipinski definition) is 13. The quantitative estimate of drug-likeness (QED) is 0.177. The van der Waals surface area contributed by atoms with Crippen LogP contribution < -0.4 is 14.8 Å². The van der Waals surface area contributed by atoms with Gasteiger partial charge in [0.2, 0.25) is 5.95 Å². The molecular formula is C34H45N11O4. The highest BCUT2D eigenvalue weighted by molar-refractivity contribution is 5.67. The molecule has 260 valence electrons. The average Bonchev–Trinajstić information content (AvgIpc) is 3.78. The van der Waals surface area contributed by atoms with E-state index in [9.17, 15) is 5.26 Å². The number of anilines is 2. The van der Waals surface area contributed by atoms with Crippen molar-refractivity contribution in [2.75, 3.05) is 44.8 Å². The van der Waals surface area contributed by atoms with Gasteiger partial charge in [-0.05, 0) is 74.6 Å². The average molecular weight is 672 g/mol. The molecule has 0 spiro atoms. The van der Waals surface area contributed by atoms with Gasteiger partial charge in [-0.2, -0.15) is 5.26 Å². The van der Waals surface area contributed by atoms with E-state index in [1.54, 1.807) is 23.1 Å². The number of morpholine rings is 1. The van der Waals surface area contributed by atoms with Crippen LogP contribution in [0.3, 0.4) is 0 Å². The lowest BCUT2D eigenvalue weighted by atomic mass is 9.90. The molecule has 15 nitrogen and oxygen atoms in total. The summed E-state index contributed by atoms with van der Waals surface area (Å²) in [6.07, 6.45) is 12.1. The summed E-state index contributed by atoms with van der Waals surface area (Å²) in [5.41, 5.74) is 2.76. The zero-order valence-corrected chi connectivity index (χ0v) is 28.4. The Balaban J connectivity index is 1.13. The second-order valence-electron chi connectivity index (χ2n) is 12.8. The molecule has 15 heteroatoms. The van der Waals surface area contributed by atoms with E-state index >= 15 is 0 Å². The molecule has 1 aliphatic heterocycles. The minimum Gasteiger partial charge on any atom is -0.487 e. The van der Waals surface area contributed by atoms with Crippen molar-refractivity contribution in [3.63, 3.8) is 0 Å². The van der Waals surface area contributed by atoms with E-state index < -0.39 is 0 Å². The Hall–Kier alpha value is -4.65. The van der Waals surface area contributed by atoms with Crippen molar-refractivity contribution in [2.45, 2.75) is 83.7 Å². The minimum absolute atomic E-state index is 0.180. The van der Waals surface area contributed by atoms with Gasteiger partial charge in [0.15, 0.2) is 0 Å². The van der Waals surface area contributed by atoms with Crippen molar-refractivity contribution in [3.8, 4) is 28.8 Å². The second-order valence-corrected chi connectivity index (χ2v) is 12.8. The van der Waals surface area contributed by atoms with Crippen LogP contribution in [0.15, 0.2) is 43.1 Å². The zero-order valence-electron chi connectivity index (χ0n) is 28.4. The second kappa shape index (κ2) is 16.6. The number of benzene rings is 1. The number of aromatic nitrogens is 8. The predicted molar refractivity (Wildman–Crippen MR) is 180 cm³/mol. The van der Waals surface area contributed by atoms with E-state index in [4.69, 9.17) is 24.0 Å². The van der Waals surface area contributed by atoms with E-state index in [1.165, 1.54) is 6.33 Å². The monoisotopic (exact) mass is 671 g/mol. The molecule has 1 unspecified atom stereocenters. The van der Waals surface area contributed by atoms with Crippen LogP contribution in [0.2, 0.25) is 0 Å². The molecule has 1 saturated carbocycles. The fraction of sp³-hybridized carbons (Fsp3) is 0.559. The standard InChI is InChI=1S/C34H45N11O4/c1-24(2)47-13-4-14-48-33-31(22-45(40-33)30-9-7-29(8-10-30)43-11-15-46-16-12-43)39-34-36-19-28(20-37-34)26-5-6-27(18-35)32(17-26)49-25(3)21-44-23-38-41-42-44/h5-6,17,19-20,22-25,29-30H,4,7-16,21H2,1-3H3,(H,36,37,39). The molecule has 3 aromatic heterocycles. The summed E-state index contributed by atoms with van der Waals surface area (Å²) in [6, 6.07) is 8.53. The summed E-state index contributed by atoms with van der Waals surface area (Å²) in [5, 5.41) is 29.1. The number of nitriles is 1. The van der Waals surface area contributed by atoms with Crippen LogP contribution in [0.1, 0.15) is 64.5 Å². The Labute approximate surface area is 286 Å². The van der Waals surface area contributed by atoms with Crippen molar-refractivity contribution in [2.24, 2.45) is 0 Å². The third-order valence-corrected chi connectivity index (χ3v) is 8.78. The van der Waals surface area contributed by atoms with E-state index in [-0.39, 0.29) is 12.2 Å². The van der Waals surface area contributed by atoms with Gasteiger partial charge in [-0.1, -0.05) is 6.07 Å². The first-order chi connectivity index (χ1) is 23.9. The zero-order chi connectivity index (χ0) is 34.0. The Morgan fingerprint density at radius 3 is 2.51 bits per heavy atom. The normalized spacial score (nSPS) is 19.0. The molecule has 2 aliphatic rings. The molecule has 1 atom stereocenters. The van der Waals surface area contributed by atoms with Crippen molar-refractivity contribution >= 4 is 11.6 Å². The molecule has 4 aromatic rings. The fourth-order valence-electron chi connectivity index (χ4n) is 6.27. The summed E-state index contributed by atoms with van der Waals surface area (Å²) in [5.74, 6) is 1.42. The maximum Gasteiger partial charge on any atom is 0.256 e. The summed E-state index contributed by atoms with van der Waals surface area (Å²) < 4.78 is 27.1. The van der Waals surface area contributed by atoms with E-state index in [1.807, 2.05) is 43.8 Å². The minimum atomic E-state index is -0.270.